The minimum absolute atomic E-state index is 0.231. The SMILES string of the molecule is Cc1ccc(SC(C)[C@H](O)C(N)=O)cc1. The number of hydrogen-bond donors (Lipinski definition) is 2. The third-order valence-electron chi connectivity index (χ3n) is 2.08. The zero-order valence-corrected chi connectivity index (χ0v) is 9.62. The summed E-state index contributed by atoms with van der Waals surface area (Å²) in [5.74, 6) is -0.679. The molecule has 3 N–H and O–H groups in total. The molecule has 3 nitrogen and oxygen atoms in total. The van der Waals surface area contributed by atoms with E-state index in [-0.39, 0.29) is 5.25 Å². The number of nitrogens with two attached hydrogens (primary N) is 1. The molecule has 2 atom stereocenters. The molecule has 1 amide bonds. The highest BCUT2D eigenvalue weighted by Crippen LogP contribution is 2.25. The van der Waals surface area contributed by atoms with Crippen LogP contribution in [0.15, 0.2) is 29.2 Å². The number of thioether (sulfide) groups is 1. The molecule has 0 spiro atoms. The Bertz CT molecular complexity index is 337. The highest BCUT2D eigenvalue weighted by molar-refractivity contribution is 8.00. The van der Waals surface area contributed by atoms with Gasteiger partial charge in [0.15, 0.2) is 0 Å². The summed E-state index contributed by atoms with van der Waals surface area (Å²) >= 11 is 1.44. The first-order valence-corrected chi connectivity index (χ1v) is 5.59. The van der Waals surface area contributed by atoms with Gasteiger partial charge in [0.1, 0.15) is 6.10 Å². The molecule has 1 rings (SSSR count). The maximum absolute atomic E-state index is 10.7. The fourth-order valence-corrected chi connectivity index (χ4v) is 2.11. The average Bonchev–Trinajstić information content (AvgIpc) is 2.20. The lowest BCUT2D eigenvalue weighted by Gasteiger charge is -2.15. The summed E-state index contributed by atoms with van der Waals surface area (Å²) in [6.45, 7) is 3.79. The van der Waals surface area contributed by atoms with Gasteiger partial charge in [-0.05, 0) is 26.0 Å². The Kier molecular flexibility index (Phi) is 4.17. The number of hydrogen-bond acceptors (Lipinski definition) is 3. The lowest BCUT2D eigenvalue weighted by Crippen LogP contribution is -2.35. The molecular formula is C11H15NO2S. The maximum Gasteiger partial charge on any atom is 0.247 e. The second-order valence-electron chi connectivity index (χ2n) is 3.48. The first-order chi connectivity index (χ1) is 7.00. The van der Waals surface area contributed by atoms with Gasteiger partial charge in [-0.15, -0.1) is 11.8 Å². The Morgan fingerprint density at radius 2 is 1.93 bits per heavy atom. The second-order valence-corrected chi connectivity index (χ2v) is 4.93. The van der Waals surface area contributed by atoms with Gasteiger partial charge >= 0.3 is 0 Å². The minimum atomic E-state index is -1.10. The van der Waals surface area contributed by atoms with Gasteiger partial charge in [-0.25, -0.2) is 0 Å². The molecule has 1 aromatic rings. The van der Waals surface area contributed by atoms with Crippen molar-refractivity contribution in [3.63, 3.8) is 0 Å². The lowest BCUT2D eigenvalue weighted by atomic mass is 10.2. The summed E-state index contributed by atoms with van der Waals surface area (Å²) in [5.41, 5.74) is 6.20. The Morgan fingerprint density at radius 1 is 1.40 bits per heavy atom. The maximum atomic E-state index is 10.7. The van der Waals surface area contributed by atoms with Crippen LogP contribution in [0.3, 0.4) is 0 Å². The summed E-state index contributed by atoms with van der Waals surface area (Å²) < 4.78 is 0. The van der Waals surface area contributed by atoms with E-state index in [2.05, 4.69) is 0 Å². The van der Waals surface area contributed by atoms with Crippen LogP contribution in [0.1, 0.15) is 12.5 Å². The van der Waals surface area contributed by atoms with Crippen molar-refractivity contribution in [3.05, 3.63) is 29.8 Å². The predicted octanol–water partition coefficient (Wildman–Crippen LogP) is 1.32. The highest BCUT2D eigenvalue weighted by atomic mass is 32.2. The summed E-state index contributed by atoms with van der Waals surface area (Å²) in [4.78, 5) is 11.8. The van der Waals surface area contributed by atoms with Crippen LogP contribution in [0.4, 0.5) is 0 Å². The number of benzene rings is 1. The quantitative estimate of drug-likeness (QED) is 0.760. The molecule has 0 fully saturated rings. The zero-order valence-electron chi connectivity index (χ0n) is 8.81. The van der Waals surface area contributed by atoms with Gasteiger partial charge in [0.25, 0.3) is 0 Å². The molecule has 15 heavy (non-hydrogen) atoms. The molecule has 82 valence electrons. The molecule has 0 heterocycles. The van der Waals surface area contributed by atoms with Gasteiger partial charge in [0.2, 0.25) is 5.91 Å². The molecule has 0 aliphatic heterocycles. The van der Waals surface area contributed by atoms with Crippen LogP contribution in [0.2, 0.25) is 0 Å². The molecule has 0 aliphatic carbocycles. The fraction of sp³-hybridized carbons (Fsp3) is 0.364. The Morgan fingerprint density at radius 3 is 2.40 bits per heavy atom. The zero-order chi connectivity index (χ0) is 11.4. The molecule has 0 bridgehead atoms. The van der Waals surface area contributed by atoms with E-state index < -0.39 is 12.0 Å². The van der Waals surface area contributed by atoms with Crippen molar-refractivity contribution < 1.29 is 9.90 Å². The molecule has 1 aromatic carbocycles. The van der Waals surface area contributed by atoms with Crippen LogP contribution >= 0.6 is 11.8 Å². The number of amides is 1. The molecule has 0 aromatic heterocycles. The topological polar surface area (TPSA) is 63.3 Å². The minimum Gasteiger partial charge on any atom is -0.382 e. The van der Waals surface area contributed by atoms with Crippen molar-refractivity contribution in [2.24, 2.45) is 5.73 Å². The van der Waals surface area contributed by atoms with Crippen molar-refractivity contribution in [2.45, 2.75) is 30.1 Å². The monoisotopic (exact) mass is 225 g/mol. The third kappa shape index (κ3) is 3.57. The fourth-order valence-electron chi connectivity index (χ4n) is 1.13. The number of carbonyl (C=O) groups is 1. The van der Waals surface area contributed by atoms with E-state index in [0.717, 1.165) is 4.90 Å². The molecule has 4 heteroatoms. The summed E-state index contributed by atoms with van der Waals surface area (Å²) in [5, 5.41) is 9.18. The Labute approximate surface area is 93.7 Å². The average molecular weight is 225 g/mol. The largest absolute Gasteiger partial charge is 0.382 e. The summed E-state index contributed by atoms with van der Waals surface area (Å²) in [6, 6.07) is 7.91. The van der Waals surface area contributed by atoms with Crippen molar-refractivity contribution in [1.82, 2.24) is 0 Å². The first kappa shape index (κ1) is 12.1. The number of aliphatic hydroxyl groups is 1. The van der Waals surface area contributed by atoms with Crippen molar-refractivity contribution in [1.29, 1.82) is 0 Å². The molecule has 0 aliphatic rings. The lowest BCUT2D eigenvalue weighted by molar-refractivity contribution is -0.125. The van der Waals surface area contributed by atoms with E-state index in [1.807, 2.05) is 31.2 Å². The van der Waals surface area contributed by atoms with Crippen molar-refractivity contribution in [3.8, 4) is 0 Å². The number of primary amides is 1. The van der Waals surface area contributed by atoms with E-state index in [4.69, 9.17) is 5.73 Å². The van der Waals surface area contributed by atoms with Gasteiger partial charge in [-0.2, -0.15) is 0 Å². The van der Waals surface area contributed by atoms with Crippen LogP contribution in [0.25, 0.3) is 0 Å². The normalized spacial score (nSPS) is 14.6. The van der Waals surface area contributed by atoms with E-state index in [0.29, 0.717) is 0 Å². The van der Waals surface area contributed by atoms with Crippen LogP contribution in [-0.4, -0.2) is 22.4 Å². The van der Waals surface area contributed by atoms with Gasteiger partial charge in [0.05, 0.1) is 0 Å². The van der Waals surface area contributed by atoms with E-state index in [9.17, 15) is 9.90 Å². The molecule has 1 unspecified atom stereocenters. The number of carbonyl (C=O) groups excluding carboxylic acids is 1. The van der Waals surface area contributed by atoms with Crippen LogP contribution < -0.4 is 5.73 Å². The number of rotatable bonds is 4. The van der Waals surface area contributed by atoms with Crippen LogP contribution in [-0.2, 0) is 4.79 Å². The smallest absolute Gasteiger partial charge is 0.247 e. The number of aryl methyl sites for hydroxylation is 1. The highest BCUT2D eigenvalue weighted by Gasteiger charge is 2.20. The van der Waals surface area contributed by atoms with E-state index in [1.54, 1.807) is 6.92 Å². The molecular weight excluding hydrogens is 210 g/mol. The predicted molar refractivity (Wildman–Crippen MR) is 61.7 cm³/mol. The van der Waals surface area contributed by atoms with Crippen molar-refractivity contribution in [2.75, 3.05) is 0 Å². The Balaban J connectivity index is 2.62. The van der Waals surface area contributed by atoms with Gasteiger partial charge in [-0.3, -0.25) is 4.79 Å². The summed E-state index contributed by atoms with van der Waals surface area (Å²) in [7, 11) is 0. The van der Waals surface area contributed by atoms with Crippen molar-refractivity contribution >= 4 is 17.7 Å². The molecule has 0 saturated carbocycles. The van der Waals surface area contributed by atoms with Gasteiger partial charge < -0.3 is 10.8 Å². The van der Waals surface area contributed by atoms with Crippen LogP contribution in [0, 0.1) is 6.92 Å². The summed E-state index contributed by atoms with van der Waals surface area (Å²) in [6.07, 6.45) is -1.10. The van der Waals surface area contributed by atoms with E-state index >= 15 is 0 Å². The number of aliphatic hydroxyl groups excluding tert-OH is 1. The van der Waals surface area contributed by atoms with Gasteiger partial charge in [0, 0.05) is 10.1 Å². The third-order valence-corrected chi connectivity index (χ3v) is 3.25. The van der Waals surface area contributed by atoms with Crippen LogP contribution in [0.5, 0.6) is 0 Å². The Hall–Kier alpha value is -1.00. The molecule has 0 radical (unpaired) electrons. The second kappa shape index (κ2) is 5.19. The van der Waals surface area contributed by atoms with Gasteiger partial charge in [-0.1, -0.05) is 17.7 Å². The molecule has 0 saturated heterocycles. The standard InChI is InChI=1S/C11H15NO2S/c1-7-3-5-9(6-4-7)15-8(2)10(13)11(12)14/h3-6,8,10,13H,1-2H3,(H2,12,14)/t8?,10-/m0/s1. The van der Waals surface area contributed by atoms with E-state index in [1.165, 1.54) is 17.3 Å². The first-order valence-electron chi connectivity index (χ1n) is 4.71.